The highest BCUT2D eigenvalue weighted by atomic mass is 35.5. The number of piperidine rings is 1. The van der Waals surface area contributed by atoms with E-state index in [9.17, 15) is 8.42 Å². The van der Waals surface area contributed by atoms with Gasteiger partial charge in [0.2, 0.25) is 10.0 Å². The van der Waals surface area contributed by atoms with Gasteiger partial charge in [-0.3, -0.25) is 0 Å². The maximum absolute atomic E-state index is 12.8. The number of sulfonamides is 1. The highest BCUT2D eigenvalue weighted by Gasteiger charge is 2.29. The van der Waals surface area contributed by atoms with Gasteiger partial charge < -0.3 is 9.47 Å². The third-order valence-corrected chi connectivity index (χ3v) is 7.39. The van der Waals surface area contributed by atoms with Crippen LogP contribution in [-0.4, -0.2) is 40.0 Å². The second-order valence-electron chi connectivity index (χ2n) is 7.06. The zero-order valence-electron chi connectivity index (χ0n) is 16.2. The Balaban J connectivity index is 1.57. The number of hydrogen-bond donors (Lipinski definition) is 0. The first kappa shape index (κ1) is 21.0. The topological polar surface area (TPSA) is 55.8 Å². The molecule has 1 heterocycles. The lowest BCUT2D eigenvalue weighted by Crippen LogP contribution is -2.38. The first-order valence-corrected chi connectivity index (χ1v) is 11.2. The van der Waals surface area contributed by atoms with Crippen LogP contribution in [0.3, 0.4) is 0 Å². The molecule has 1 aliphatic rings. The average molecular weight is 424 g/mol. The summed E-state index contributed by atoms with van der Waals surface area (Å²) in [5.74, 6) is 2.08. The van der Waals surface area contributed by atoms with Crippen molar-refractivity contribution in [3.8, 4) is 11.5 Å². The Bertz CT molecular complexity index is 886. The molecule has 1 aliphatic heterocycles. The molecule has 0 bridgehead atoms. The van der Waals surface area contributed by atoms with Crippen LogP contribution < -0.4 is 9.47 Å². The number of methoxy groups -OCH3 is 2. The number of rotatable bonds is 7. The molecule has 7 heteroatoms. The van der Waals surface area contributed by atoms with Crippen molar-refractivity contribution < 1.29 is 17.9 Å². The van der Waals surface area contributed by atoms with Crippen molar-refractivity contribution in [3.63, 3.8) is 0 Å². The number of halogens is 1. The minimum absolute atomic E-state index is 0.266. The molecule has 0 aliphatic carbocycles. The van der Waals surface area contributed by atoms with Gasteiger partial charge in [-0.2, -0.15) is 4.31 Å². The van der Waals surface area contributed by atoms with Gasteiger partial charge in [0.05, 0.1) is 19.1 Å². The molecule has 0 atom stereocenters. The molecule has 28 heavy (non-hydrogen) atoms. The zero-order valence-corrected chi connectivity index (χ0v) is 17.8. The lowest BCUT2D eigenvalue weighted by atomic mass is 9.91. The van der Waals surface area contributed by atoms with E-state index >= 15 is 0 Å². The van der Waals surface area contributed by atoms with Crippen LogP contribution in [0.1, 0.15) is 24.8 Å². The summed E-state index contributed by atoms with van der Waals surface area (Å²) in [6, 6.07) is 12.4. The number of ether oxygens (including phenoxy) is 2. The standard InChI is InChI=1S/C21H26ClNO4S/c1-26-19-12-17(13-20(15-19)27-2)7-6-16-8-10-23(11-9-16)28(24,25)21-5-3-4-18(22)14-21/h3-5,12-16H,6-11H2,1-2H3. The molecule has 2 aromatic carbocycles. The molecule has 0 unspecified atom stereocenters. The molecule has 0 amide bonds. The smallest absolute Gasteiger partial charge is 0.243 e. The summed E-state index contributed by atoms with van der Waals surface area (Å²) in [6.45, 7) is 1.09. The highest BCUT2D eigenvalue weighted by molar-refractivity contribution is 7.89. The highest BCUT2D eigenvalue weighted by Crippen LogP contribution is 2.29. The van der Waals surface area contributed by atoms with Gasteiger partial charge in [-0.15, -0.1) is 0 Å². The number of benzene rings is 2. The SMILES string of the molecule is COc1cc(CCC2CCN(S(=O)(=O)c3cccc(Cl)c3)CC2)cc(OC)c1. The van der Waals surface area contributed by atoms with Crippen LogP contribution in [0.25, 0.3) is 0 Å². The van der Waals surface area contributed by atoms with Crippen LogP contribution in [0.15, 0.2) is 47.4 Å². The summed E-state index contributed by atoms with van der Waals surface area (Å²) < 4.78 is 37.8. The van der Waals surface area contributed by atoms with Gasteiger partial charge in [0.1, 0.15) is 11.5 Å². The van der Waals surface area contributed by atoms with Gasteiger partial charge in [-0.25, -0.2) is 8.42 Å². The molecular formula is C21H26ClNO4S. The molecule has 152 valence electrons. The Kier molecular flexibility index (Phi) is 6.86. The molecule has 0 spiro atoms. The van der Waals surface area contributed by atoms with Gasteiger partial charge in [-0.1, -0.05) is 17.7 Å². The van der Waals surface area contributed by atoms with Crippen LogP contribution in [0.4, 0.5) is 0 Å². The maximum Gasteiger partial charge on any atom is 0.243 e. The average Bonchev–Trinajstić information content (AvgIpc) is 2.72. The maximum atomic E-state index is 12.8. The zero-order chi connectivity index (χ0) is 20.1. The summed E-state index contributed by atoms with van der Waals surface area (Å²) in [5, 5.41) is 0.435. The van der Waals surface area contributed by atoms with Gasteiger partial charge in [0, 0.05) is 24.2 Å². The van der Waals surface area contributed by atoms with Crippen molar-refractivity contribution in [2.45, 2.75) is 30.6 Å². The Labute approximate surface area is 172 Å². The number of aryl methyl sites for hydroxylation is 1. The van der Waals surface area contributed by atoms with Gasteiger partial charge >= 0.3 is 0 Å². The molecule has 5 nitrogen and oxygen atoms in total. The fraction of sp³-hybridized carbons (Fsp3) is 0.429. The Morgan fingerprint density at radius 2 is 1.68 bits per heavy atom. The van der Waals surface area contributed by atoms with E-state index in [-0.39, 0.29) is 4.90 Å². The lowest BCUT2D eigenvalue weighted by molar-refractivity contribution is 0.263. The van der Waals surface area contributed by atoms with Crippen LogP contribution in [0, 0.1) is 5.92 Å². The van der Waals surface area contributed by atoms with Gasteiger partial charge in [0.25, 0.3) is 0 Å². The third kappa shape index (κ3) is 4.99. The van der Waals surface area contributed by atoms with Crippen molar-refractivity contribution >= 4 is 21.6 Å². The van der Waals surface area contributed by atoms with Gasteiger partial charge in [0.15, 0.2) is 0 Å². The van der Waals surface area contributed by atoms with E-state index < -0.39 is 10.0 Å². The first-order chi connectivity index (χ1) is 13.4. The first-order valence-electron chi connectivity index (χ1n) is 9.40. The van der Waals surface area contributed by atoms with Crippen molar-refractivity contribution in [2.24, 2.45) is 5.92 Å². The molecular weight excluding hydrogens is 398 g/mol. The molecule has 1 fully saturated rings. The largest absolute Gasteiger partial charge is 0.497 e. The van der Waals surface area contributed by atoms with Gasteiger partial charge in [-0.05, 0) is 67.5 Å². The molecule has 0 aromatic heterocycles. The number of nitrogens with zero attached hydrogens (tertiary/aromatic N) is 1. The van der Waals surface area contributed by atoms with E-state index in [1.165, 1.54) is 11.6 Å². The molecule has 3 rings (SSSR count). The monoisotopic (exact) mass is 423 g/mol. The van der Waals surface area contributed by atoms with Crippen molar-refractivity contribution in [3.05, 3.63) is 53.1 Å². The molecule has 2 aromatic rings. The van der Waals surface area contributed by atoms with Crippen LogP contribution in [-0.2, 0) is 16.4 Å². The van der Waals surface area contributed by atoms with E-state index in [2.05, 4.69) is 0 Å². The van der Waals surface area contributed by atoms with E-state index in [4.69, 9.17) is 21.1 Å². The molecule has 0 N–H and O–H groups in total. The Hall–Kier alpha value is -1.76. The van der Waals surface area contributed by atoms with E-state index in [1.54, 1.807) is 36.7 Å². The van der Waals surface area contributed by atoms with Crippen molar-refractivity contribution in [2.75, 3.05) is 27.3 Å². The second kappa shape index (κ2) is 9.16. The van der Waals surface area contributed by atoms with E-state index in [0.29, 0.717) is 24.0 Å². The fourth-order valence-corrected chi connectivity index (χ4v) is 5.37. The third-order valence-electron chi connectivity index (χ3n) is 5.26. The minimum Gasteiger partial charge on any atom is -0.497 e. The van der Waals surface area contributed by atoms with Crippen LogP contribution >= 0.6 is 11.6 Å². The Morgan fingerprint density at radius 3 is 2.25 bits per heavy atom. The predicted octanol–water partition coefficient (Wildman–Crippen LogP) is 4.39. The summed E-state index contributed by atoms with van der Waals surface area (Å²) in [4.78, 5) is 0.266. The second-order valence-corrected chi connectivity index (χ2v) is 9.44. The molecule has 0 radical (unpaired) electrons. The van der Waals surface area contributed by atoms with E-state index in [1.807, 2.05) is 18.2 Å². The molecule has 0 saturated carbocycles. The van der Waals surface area contributed by atoms with Crippen LogP contribution in [0.2, 0.25) is 5.02 Å². The van der Waals surface area contributed by atoms with Crippen molar-refractivity contribution in [1.82, 2.24) is 4.31 Å². The predicted molar refractivity (Wildman–Crippen MR) is 111 cm³/mol. The summed E-state index contributed by atoms with van der Waals surface area (Å²) in [5.41, 5.74) is 1.17. The Morgan fingerprint density at radius 1 is 1.04 bits per heavy atom. The normalized spacial score (nSPS) is 16.1. The fourth-order valence-electron chi connectivity index (χ4n) is 3.60. The summed E-state index contributed by atoms with van der Waals surface area (Å²) in [6.07, 6.45) is 3.66. The van der Waals surface area contributed by atoms with E-state index in [0.717, 1.165) is 37.2 Å². The summed E-state index contributed by atoms with van der Waals surface area (Å²) >= 11 is 5.95. The molecule has 1 saturated heterocycles. The minimum atomic E-state index is -3.48. The quantitative estimate of drug-likeness (QED) is 0.662. The lowest BCUT2D eigenvalue weighted by Gasteiger charge is -2.31. The van der Waals surface area contributed by atoms with Crippen molar-refractivity contribution in [1.29, 1.82) is 0 Å². The van der Waals surface area contributed by atoms with Crippen LogP contribution in [0.5, 0.6) is 11.5 Å². The summed E-state index contributed by atoms with van der Waals surface area (Å²) in [7, 11) is -0.182. The number of hydrogen-bond acceptors (Lipinski definition) is 4.